The third-order valence-electron chi connectivity index (χ3n) is 3.94. The second-order valence-electron chi connectivity index (χ2n) is 5.74. The monoisotopic (exact) mass is 342 g/mol. The van der Waals surface area contributed by atoms with Crippen LogP contribution < -0.4 is 10.1 Å². The van der Waals surface area contributed by atoms with Gasteiger partial charge in [0.1, 0.15) is 18.1 Å². The number of carbonyl (C=O) groups excluding carboxylic acids is 1. The second kappa shape index (κ2) is 7.38. The number of fused-ring (bicyclic) bond motifs is 1. The van der Waals surface area contributed by atoms with E-state index < -0.39 is 6.04 Å². The number of aromatic nitrogens is 3. The molecular weight excluding hydrogens is 320 g/mol. The van der Waals surface area contributed by atoms with Crippen molar-refractivity contribution in [2.45, 2.75) is 33.2 Å². The lowest BCUT2D eigenvalue weighted by Gasteiger charge is -2.28. The first kappa shape index (κ1) is 17.0. The molecule has 0 fully saturated rings. The van der Waals surface area contributed by atoms with E-state index in [2.05, 4.69) is 15.4 Å². The van der Waals surface area contributed by atoms with E-state index in [0.717, 1.165) is 17.7 Å². The van der Waals surface area contributed by atoms with Crippen LogP contribution in [-0.2, 0) is 9.53 Å². The normalized spacial score (nSPS) is 16.2. The van der Waals surface area contributed by atoms with Crippen molar-refractivity contribution in [3.8, 4) is 5.75 Å². The maximum atomic E-state index is 12.7. The molecule has 2 heterocycles. The molecular formula is C18H22N4O3. The Morgan fingerprint density at radius 1 is 1.36 bits per heavy atom. The van der Waals surface area contributed by atoms with E-state index in [4.69, 9.17) is 9.47 Å². The molecule has 0 saturated carbocycles. The summed E-state index contributed by atoms with van der Waals surface area (Å²) in [5.74, 6) is 0.996. The molecule has 0 spiro atoms. The molecule has 1 atom stereocenters. The Morgan fingerprint density at radius 3 is 2.96 bits per heavy atom. The smallest absolute Gasteiger partial charge is 0.338 e. The lowest BCUT2D eigenvalue weighted by Crippen LogP contribution is -2.29. The fourth-order valence-corrected chi connectivity index (χ4v) is 2.88. The van der Waals surface area contributed by atoms with E-state index in [9.17, 15) is 4.79 Å². The summed E-state index contributed by atoms with van der Waals surface area (Å²) in [5, 5.41) is 7.42. The van der Waals surface area contributed by atoms with Gasteiger partial charge in [-0.1, -0.05) is 19.1 Å². The first-order valence-corrected chi connectivity index (χ1v) is 8.42. The molecule has 7 heteroatoms. The molecule has 1 unspecified atom stereocenters. The molecule has 1 aromatic heterocycles. The van der Waals surface area contributed by atoms with Crippen LogP contribution in [0.25, 0.3) is 0 Å². The minimum atomic E-state index is -0.413. The lowest BCUT2D eigenvalue weighted by atomic mass is 9.95. The van der Waals surface area contributed by atoms with Gasteiger partial charge in [0.05, 0.1) is 18.8 Å². The van der Waals surface area contributed by atoms with Gasteiger partial charge in [-0.2, -0.15) is 10.1 Å². The van der Waals surface area contributed by atoms with Crippen LogP contribution in [0, 0.1) is 0 Å². The van der Waals surface area contributed by atoms with Crippen molar-refractivity contribution in [1.82, 2.24) is 14.8 Å². The zero-order chi connectivity index (χ0) is 17.8. The van der Waals surface area contributed by atoms with Crippen molar-refractivity contribution in [3.05, 3.63) is 47.4 Å². The Balaban J connectivity index is 2.06. The van der Waals surface area contributed by atoms with Crippen LogP contribution in [0.2, 0.25) is 0 Å². The molecule has 25 heavy (non-hydrogen) atoms. The number of carbonyl (C=O) groups is 1. The number of benzene rings is 1. The van der Waals surface area contributed by atoms with Crippen LogP contribution >= 0.6 is 0 Å². The number of esters is 1. The number of hydrogen-bond acceptors (Lipinski definition) is 6. The fourth-order valence-electron chi connectivity index (χ4n) is 2.88. The lowest BCUT2D eigenvalue weighted by molar-refractivity contribution is -0.139. The summed E-state index contributed by atoms with van der Waals surface area (Å²) < 4.78 is 12.7. The van der Waals surface area contributed by atoms with E-state index in [1.807, 2.05) is 45.0 Å². The SMILES string of the molecule is CCCOC(=O)C1=C(C)Nc2ncnn2C1c1cccc(OCC)c1. The van der Waals surface area contributed by atoms with Crippen LogP contribution in [0.15, 0.2) is 41.9 Å². The minimum absolute atomic E-state index is 0.347. The van der Waals surface area contributed by atoms with Crippen LogP contribution in [0.3, 0.4) is 0 Å². The molecule has 0 amide bonds. The van der Waals surface area contributed by atoms with Gasteiger partial charge >= 0.3 is 5.97 Å². The number of anilines is 1. The second-order valence-corrected chi connectivity index (χ2v) is 5.74. The molecule has 0 bridgehead atoms. The quantitative estimate of drug-likeness (QED) is 0.813. The molecule has 1 aromatic carbocycles. The molecule has 1 aliphatic heterocycles. The molecule has 3 rings (SSSR count). The molecule has 1 aliphatic rings. The van der Waals surface area contributed by atoms with E-state index in [0.29, 0.717) is 30.4 Å². The first-order chi connectivity index (χ1) is 12.2. The molecule has 0 saturated heterocycles. The number of hydrogen-bond donors (Lipinski definition) is 1. The van der Waals surface area contributed by atoms with Crippen molar-refractivity contribution in [2.24, 2.45) is 0 Å². The number of nitrogens with zero attached hydrogens (tertiary/aromatic N) is 3. The standard InChI is InChI=1S/C18H22N4O3/c1-4-9-25-17(23)15-12(3)21-18-19-11-20-22(18)16(15)13-7-6-8-14(10-13)24-5-2/h6-8,10-11,16H,4-5,9H2,1-3H3,(H,19,20,21). The topological polar surface area (TPSA) is 78.3 Å². The number of allylic oxidation sites excluding steroid dienone is 1. The minimum Gasteiger partial charge on any atom is -0.494 e. The van der Waals surface area contributed by atoms with Gasteiger partial charge in [0.2, 0.25) is 5.95 Å². The summed E-state index contributed by atoms with van der Waals surface area (Å²) in [6.45, 7) is 6.70. The highest BCUT2D eigenvalue weighted by Crippen LogP contribution is 2.36. The zero-order valence-corrected chi connectivity index (χ0v) is 14.7. The van der Waals surface area contributed by atoms with Gasteiger partial charge in [0.25, 0.3) is 0 Å². The van der Waals surface area contributed by atoms with Crippen molar-refractivity contribution >= 4 is 11.9 Å². The fraction of sp³-hybridized carbons (Fsp3) is 0.389. The van der Waals surface area contributed by atoms with E-state index in [-0.39, 0.29) is 5.97 Å². The molecule has 7 nitrogen and oxygen atoms in total. The van der Waals surface area contributed by atoms with Crippen molar-refractivity contribution in [2.75, 3.05) is 18.5 Å². The maximum Gasteiger partial charge on any atom is 0.338 e. The summed E-state index contributed by atoms with van der Waals surface area (Å²) >= 11 is 0. The molecule has 0 radical (unpaired) electrons. The highest BCUT2D eigenvalue weighted by Gasteiger charge is 2.34. The predicted octanol–water partition coefficient (Wildman–Crippen LogP) is 2.92. The summed E-state index contributed by atoms with van der Waals surface area (Å²) in [6, 6.07) is 7.25. The van der Waals surface area contributed by atoms with Crippen molar-refractivity contribution < 1.29 is 14.3 Å². The molecule has 1 N–H and O–H groups in total. The van der Waals surface area contributed by atoms with Gasteiger partial charge < -0.3 is 14.8 Å². The summed E-state index contributed by atoms with van der Waals surface area (Å²) in [5.41, 5.74) is 2.13. The average Bonchev–Trinajstić information content (AvgIpc) is 3.06. The molecule has 0 aliphatic carbocycles. The third kappa shape index (κ3) is 3.35. The van der Waals surface area contributed by atoms with Crippen LogP contribution in [0.5, 0.6) is 5.75 Å². The van der Waals surface area contributed by atoms with Gasteiger partial charge in [-0.05, 0) is 38.0 Å². The highest BCUT2D eigenvalue weighted by molar-refractivity contribution is 5.92. The Kier molecular flexibility index (Phi) is 5.02. The van der Waals surface area contributed by atoms with E-state index in [1.165, 1.54) is 6.33 Å². The van der Waals surface area contributed by atoms with Crippen LogP contribution in [-0.4, -0.2) is 33.9 Å². The number of nitrogens with one attached hydrogen (secondary N) is 1. The highest BCUT2D eigenvalue weighted by atomic mass is 16.5. The number of rotatable bonds is 6. The molecule has 2 aromatic rings. The summed E-state index contributed by atoms with van der Waals surface area (Å²) in [6.07, 6.45) is 2.24. The van der Waals surface area contributed by atoms with Gasteiger partial charge in [-0.3, -0.25) is 0 Å². The van der Waals surface area contributed by atoms with Crippen molar-refractivity contribution in [1.29, 1.82) is 0 Å². The van der Waals surface area contributed by atoms with Gasteiger partial charge in [-0.25, -0.2) is 9.48 Å². The summed E-state index contributed by atoms with van der Waals surface area (Å²) in [7, 11) is 0. The first-order valence-electron chi connectivity index (χ1n) is 8.42. The largest absolute Gasteiger partial charge is 0.494 e. The van der Waals surface area contributed by atoms with Crippen LogP contribution in [0.4, 0.5) is 5.95 Å². The van der Waals surface area contributed by atoms with E-state index in [1.54, 1.807) is 4.68 Å². The van der Waals surface area contributed by atoms with Crippen molar-refractivity contribution in [3.63, 3.8) is 0 Å². The van der Waals surface area contributed by atoms with Crippen LogP contribution in [0.1, 0.15) is 38.8 Å². The zero-order valence-electron chi connectivity index (χ0n) is 14.7. The maximum absolute atomic E-state index is 12.7. The Bertz CT molecular complexity index is 797. The third-order valence-corrected chi connectivity index (χ3v) is 3.94. The van der Waals surface area contributed by atoms with Gasteiger partial charge in [-0.15, -0.1) is 0 Å². The number of ether oxygens (including phenoxy) is 2. The Hall–Kier alpha value is -2.83. The molecule has 132 valence electrons. The predicted molar refractivity (Wildman–Crippen MR) is 93.3 cm³/mol. The Morgan fingerprint density at radius 2 is 2.20 bits per heavy atom. The van der Waals surface area contributed by atoms with Gasteiger partial charge in [0.15, 0.2) is 0 Å². The van der Waals surface area contributed by atoms with E-state index >= 15 is 0 Å². The average molecular weight is 342 g/mol. The summed E-state index contributed by atoms with van der Waals surface area (Å²) in [4.78, 5) is 16.9. The Labute approximate surface area is 146 Å². The van der Waals surface area contributed by atoms with Gasteiger partial charge in [0, 0.05) is 5.70 Å².